The number of carbonyl (C=O) groups excluding carboxylic acids is 2. The zero-order valence-corrected chi connectivity index (χ0v) is 9.63. The molecule has 0 radical (unpaired) electrons. The number of hydrogen-bond acceptors (Lipinski definition) is 4. The standard InChI is InChI=1S/C13H8FN3O2/c14-9-4-3-7(6-10(9)15)17-12(18)8-2-1-5-16-11(8)13(17)19/h1-6H,15H2. The van der Waals surface area contributed by atoms with Crippen LogP contribution in [-0.4, -0.2) is 16.8 Å². The highest BCUT2D eigenvalue weighted by molar-refractivity contribution is 6.33. The average Bonchev–Trinajstić information content (AvgIpc) is 2.66. The minimum Gasteiger partial charge on any atom is -0.396 e. The average molecular weight is 257 g/mol. The molecule has 0 saturated carbocycles. The molecule has 1 aliphatic rings. The minimum absolute atomic E-state index is 0.0930. The van der Waals surface area contributed by atoms with E-state index in [1.54, 1.807) is 6.07 Å². The number of pyridine rings is 1. The zero-order valence-electron chi connectivity index (χ0n) is 9.63. The van der Waals surface area contributed by atoms with Gasteiger partial charge in [-0.3, -0.25) is 14.6 Å². The van der Waals surface area contributed by atoms with Crippen LogP contribution in [0.4, 0.5) is 15.8 Å². The summed E-state index contributed by atoms with van der Waals surface area (Å²) in [4.78, 5) is 29.1. The van der Waals surface area contributed by atoms with Crippen LogP contribution in [0.5, 0.6) is 0 Å². The van der Waals surface area contributed by atoms with Crippen LogP contribution in [0.15, 0.2) is 36.5 Å². The van der Waals surface area contributed by atoms with Gasteiger partial charge in [-0.25, -0.2) is 9.29 Å². The van der Waals surface area contributed by atoms with Gasteiger partial charge in [0.1, 0.15) is 11.5 Å². The molecule has 0 bridgehead atoms. The molecule has 2 N–H and O–H groups in total. The number of halogens is 1. The van der Waals surface area contributed by atoms with Gasteiger partial charge in [-0.2, -0.15) is 0 Å². The fourth-order valence-corrected chi connectivity index (χ4v) is 1.97. The predicted molar refractivity (Wildman–Crippen MR) is 66.2 cm³/mol. The minimum atomic E-state index is -0.599. The Morgan fingerprint density at radius 3 is 2.63 bits per heavy atom. The summed E-state index contributed by atoms with van der Waals surface area (Å²) in [6.45, 7) is 0. The van der Waals surface area contributed by atoms with Crippen molar-refractivity contribution in [1.82, 2.24) is 4.98 Å². The molecule has 2 amide bonds. The summed E-state index contributed by atoms with van der Waals surface area (Å²) >= 11 is 0. The quantitative estimate of drug-likeness (QED) is 0.622. The van der Waals surface area contributed by atoms with Gasteiger partial charge in [0.15, 0.2) is 0 Å². The summed E-state index contributed by atoms with van der Waals surface area (Å²) in [5.41, 5.74) is 5.87. The van der Waals surface area contributed by atoms with Gasteiger partial charge < -0.3 is 5.73 Å². The largest absolute Gasteiger partial charge is 0.396 e. The molecule has 2 aromatic rings. The van der Waals surface area contributed by atoms with Crippen molar-refractivity contribution in [3.05, 3.63) is 53.6 Å². The molecule has 0 atom stereocenters. The first-order chi connectivity index (χ1) is 9.09. The molecule has 1 aromatic carbocycles. The van der Waals surface area contributed by atoms with Crippen LogP contribution in [0.3, 0.4) is 0 Å². The maximum absolute atomic E-state index is 13.1. The van der Waals surface area contributed by atoms with E-state index in [4.69, 9.17) is 5.73 Å². The zero-order chi connectivity index (χ0) is 13.6. The molecule has 94 valence electrons. The van der Waals surface area contributed by atoms with Crippen molar-refractivity contribution >= 4 is 23.2 Å². The van der Waals surface area contributed by atoms with Gasteiger partial charge >= 0.3 is 0 Å². The number of nitrogens with zero attached hydrogens (tertiary/aromatic N) is 2. The van der Waals surface area contributed by atoms with Crippen molar-refractivity contribution in [2.45, 2.75) is 0 Å². The van der Waals surface area contributed by atoms with Crippen LogP contribution in [0.1, 0.15) is 20.8 Å². The van der Waals surface area contributed by atoms with E-state index < -0.39 is 17.6 Å². The number of imide groups is 1. The summed E-state index contributed by atoms with van der Waals surface area (Å²) in [5.74, 6) is -1.62. The number of fused-ring (bicyclic) bond motifs is 1. The number of nitrogens with two attached hydrogens (primary N) is 1. The lowest BCUT2D eigenvalue weighted by Gasteiger charge is -2.14. The number of rotatable bonds is 1. The van der Waals surface area contributed by atoms with Crippen LogP contribution < -0.4 is 10.6 Å². The van der Waals surface area contributed by atoms with Crippen LogP contribution in [-0.2, 0) is 0 Å². The lowest BCUT2D eigenvalue weighted by Crippen LogP contribution is -2.29. The summed E-state index contributed by atoms with van der Waals surface area (Å²) in [5, 5.41) is 0. The molecular weight excluding hydrogens is 249 g/mol. The van der Waals surface area contributed by atoms with E-state index in [0.717, 1.165) is 11.0 Å². The smallest absolute Gasteiger partial charge is 0.284 e. The highest BCUT2D eigenvalue weighted by atomic mass is 19.1. The molecule has 1 aromatic heterocycles. The molecular formula is C13H8FN3O2. The molecule has 6 heteroatoms. The Bertz CT molecular complexity index is 680. The highest BCUT2D eigenvalue weighted by Crippen LogP contribution is 2.28. The second-order valence-corrected chi connectivity index (χ2v) is 4.05. The molecule has 2 heterocycles. The Balaban J connectivity index is 2.11. The maximum atomic E-state index is 13.1. The summed E-state index contributed by atoms with van der Waals surface area (Å²) < 4.78 is 13.1. The third-order valence-corrected chi connectivity index (χ3v) is 2.88. The lowest BCUT2D eigenvalue weighted by molar-refractivity contribution is 0.0924. The Morgan fingerprint density at radius 2 is 1.95 bits per heavy atom. The SMILES string of the molecule is Nc1cc(N2C(=O)c3cccnc3C2=O)ccc1F. The van der Waals surface area contributed by atoms with E-state index in [9.17, 15) is 14.0 Å². The van der Waals surface area contributed by atoms with E-state index >= 15 is 0 Å². The Labute approximate surface area is 107 Å². The molecule has 0 unspecified atom stereocenters. The van der Waals surface area contributed by atoms with Crippen LogP contribution >= 0.6 is 0 Å². The molecule has 5 nitrogen and oxygen atoms in total. The van der Waals surface area contributed by atoms with Crippen LogP contribution in [0, 0.1) is 5.82 Å². The number of benzene rings is 1. The van der Waals surface area contributed by atoms with Crippen molar-refractivity contribution in [3.63, 3.8) is 0 Å². The molecule has 0 saturated heterocycles. The first kappa shape index (κ1) is 11.3. The summed E-state index contributed by atoms with van der Waals surface area (Å²) in [7, 11) is 0. The first-order valence-corrected chi connectivity index (χ1v) is 5.48. The number of carbonyl (C=O) groups is 2. The molecule has 0 aliphatic carbocycles. The predicted octanol–water partition coefficient (Wildman–Crippen LogP) is 1.60. The Morgan fingerprint density at radius 1 is 1.16 bits per heavy atom. The van der Waals surface area contributed by atoms with Crippen molar-refractivity contribution < 1.29 is 14.0 Å². The van der Waals surface area contributed by atoms with E-state index in [1.165, 1.54) is 24.4 Å². The molecule has 0 spiro atoms. The van der Waals surface area contributed by atoms with Gasteiger partial charge in [0, 0.05) is 6.20 Å². The summed E-state index contributed by atoms with van der Waals surface area (Å²) in [6.07, 6.45) is 1.44. The van der Waals surface area contributed by atoms with Crippen molar-refractivity contribution in [2.24, 2.45) is 0 Å². The van der Waals surface area contributed by atoms with E-state index in [0.29, 0.717) is 0 Å². The van der Waals surface area contributed by atoms with E-state index in [-0.39, 0.29) is 22.6 Å². The number of anilines is 2. The number of nitrogen functional groups attached to an aromatic ring is 1. The second-order valence-electron chi connectivity index (χ2n) is 4.05. The van der Waals surface area contributed by atoms with Gasteiger partial charge in [0.05, 0.1) is 16.9 Å². The molecule has 3 rings (SSSR count). The molecule has 1 aliphatic heterocycles. The van der Waals surface area contributed by atoms with Crippen LogP contribution in [0.2, 0.25) is 0 Å². The fraction of sp³-hybridized carbons (Fsp3) is 0. The number of aromatic nitrogens is 1. The first-order valence-electron chi connectivity index (χ1n) is 5.48. The monoisotopic (exact) mass is 257 g/mol. The molecule has 0 fully saturated rings. The van der Waals surface area contributed by atoms with Crippen LogP contribution in [0.25, 0.3) is 0 Å². The number of hydrogen-bond donors (Lipinski definition) is 1. The third kappa shape index (κ3) is 1.57. The molecule has 19 heavy (non-hydrogen) atoms. The highest BCUT2D eigenvalue weighted by Gasteiger charge is 2.37. The van der Waals surface area contributed by atoms with Gasteiger partial charge in [0.25, 0.3) is 11.8 Å². The summed E-state index contributed by atoms with van der Waals surface area (Å²) in [6, 6.07) is 6.79. The Kier molecular flexibility index (Phi) is 2.31. The van der Waals surface area contributed by atoms with E-state index in [1.807, 2.05) is 0 Å². The number of amides is 2. The lowest BCUT2D eigenvalue weighted by atomic mass is 10.2. The third-order valence-electron chi connectivity index (χ3n) is 2.88. The maximum Gasteiger partial charge on any atom is 0.284 e. The fourth-order valence-electron chi connectivity index (χ4n) is 1.97. The van der Waals surface area contributed by atoms with Gasteiger partial charge in [-0.1, -0.05) is 0 Å². The Hall–Kier alpha value is -2.76. The van der Waals surface area contributed by atoms with Gasteiger partial charge in [0.2, 0.25) is 0 Å². The van der Waals surface area contributed by atoms with Crippen molar-refractivity contribution in [3.8, 4) is 0 Å². The normalized spacial score (nSPS) is 13.8. The van der Waals surface area contributed by atoms with Crippen molar-refractivity contribution in [1.29, 1.82) is 0 Å². The van der Waals surface area contributed by atoms with Gasteiger partial charge in [-0.15, -0.1) is 0 Å². The topological polar surface area (TPSA) is 76.3 Å². The van der Waals surface area contributed by atoms with Gasteiger partial charge in [-0.05, 0) is 30.3 Å². The van der Waals surface area contributed by atoms with Crippen molar-refractivity contribution in [2.75, 3.05) is 10.6 Å². The second kappa shape index (κ2) is 3.88. The van der Waals surface area contributed by atoms with E-state index in [2.05, 4.69) is 4.98 Å².